The third-order valence-corrected chi connectivity index (χ3v) is 5.64. The summed E-state index contributed by atoms with van der Waals surface area (Å²) in [5.74, 6) is 0. The molecule has 0 atom stereocenters. The maximum absolute atomic E-state index is 12.5. The molecule has 0 radical (unpaired) electrons. The molecule has 0 aliphatic carbocycles. The van der Waals surface area contributed by atoms with E-state index in [0.717, 1.165) is 11.1 Å². The van der Waals surface area contributed by atoms with Gasteiger partial charge in [0.25, 0.3) is 0 Å². The molecule has 0 aromatic heterocycles. The van der Waals surface area contributed by atoms with Gasteiger partial charge in [0.1, 0.15) is 0 Å². The Labute approximate surface area is 137 Å². The lowest BCUT2D eigenvalue weighted by Crippen LogP contribution is -2.46. The van der Waals surface area contributed by atoms with Crippen molar-refractivity contribution in [2.75, 3.05) is 19.7 Å². The number of rotatable bonds is 4. The Morgan fingerprint density at radius 3 is 2.52 bits per heavy atom. The smallest absolute Gasteiger partial charge is 0.409 e. The first-order chi connectivity index (χ1) is 10.8. The van der Waals surface area contributed by atoms with Gasteiger partial charge in [-0.15, -0.1) is 0 Å². The Balaban J connectivity index is 1.99. The minimum Gasteiger partial charge on any atom is -0.450 e. The van der Waals surface area contributed by atoms with Crippen LogP contribution >= 0.6 is 0 Å². The molecule has 2 rings (SSSR count). The highest BCUT2D eigenvalue weighted by Crippen LogP contribution is 2.19. The predicted octanol–water partition coefficient (Wildman–Crippen LogP) is 2.20. The molecular formula is C16H24N2O4S. The van der Waals surface area contributed by atoms with Gasteiger partial charge in [-0.3, -0.25) is 0 Å². The average molecular weight is 340 g/mol. The molecule has 1 heterocycles. The zero-order valence-corrected chi connectivity index (χ0v) is 14.6. The van der Waals surface area contributed by atoms with Crippen molar-refractivity contribution in [2.24, 2.45) is 0 Å². The number of ether oxygens (including phenoxy) is 1. The second-order valence-electron chi connectivity index (χ2n) is 5.85. The van der Waals surface area contributed by atoms with E-state index in [2.05, 4.69) is 4.72 Å². The van der Waals surface area contributed by atoms with Crippen molar-refractivity contribution in [1.82, 2.24) is 9.62 Å². The summed E-state index contributed by atoms with van der Waals surface area (Å²) in [6.45, 7) is 6.84. The summed E-state index contributed by atoms with van der Waals surface area (Å²) < 4.78 is 32.8. The quantitative estimate of drug-likeness (QED) is 0.912. The number of hydrogen-bond donors (Lipinski definition) is 1. The van der Waals surface area contributed by atoms with Gasteiger partial charge in [-0.25, -0.2) is 17.9 Å². The van der Waals surface area contributed by atoms with Gasteiger partial charge in [-0.2, -0.15) is 0 Å². The standard InChI is InChI=1S/C16H24N2O4S/c1-4-22-16(19)18-9-7-14(8-10-18)17-23(20,21)15-6-5-12(2)11-13(15)3/h5-6,11,14,17H,4,7-10H2,1-3H3. The van der Waals surface area contributed by atoms with Crippen LogP contribution in [0.2, 0.25) is 0 Å². The summed E-state index contributed by atoms with van der Waals surface area (Å²) in [5, 5.41) is 0. The highest BCUT2D eigenvalue weighted by molar-refractivity contribution is 7.89. The van der Waals surface area contributed by atoms with Crippen LogP contribution in [0.5, 0.6) is 0 Å². The van der Waals surface area contributed by atoms with Crippen molar-refractivity contribution in [2.45, 2.75) is 44.6 Å². The second-order valence-corrected chi connectivity index (χ2v) is 7.53. The van der Waals surface area contributed by atoms with Gasteiger partial charge < -0.3 is 9.64 Å². The number of likely N-dealkylation sites (tertiary alicyclic amines) is 1. The van der Waals surface area contributed by atoms with Crippen LogP contribution in [0, 0.1) is 13.8 Å². The van der Waals surface area contributed by atoms with Crippen LogP contribution in [-0.2, 0) is 14.8 Å². The van der Waals surface area contributed by atoms with E-state index in [9.17, 15) is 13.2 Å². The number of nitrogens with zero attached hydrogens (tertiary/aromatic N) is 1. The van der Waals surface area contributed by atoms with Crippen molar-refractivity contribution >= 4 is 16.1 Å². The Hall–Kier alpha value is -1.60. The first-order valence-corrected chi connectivity index (χ1v) is 9.33. The van der Waals surface area contributed by atoms with Gasteiger partial charge >= 0.3 is 6.09 Å². The van der Waals surface area contributed by atoms with Crippen LogP contribution < -0.4 is 4.72 Å². The Morgan fingerprint density at radius 2 is 1.96 bits per heavy atom. The van der Waals surface area contributed by atoms with E-state index >= 15 is 0 Å². The van der Waals surface area contributed by atoms with Crippen LogP contribution in [0.4, 0.5) is 4.79 Å². The molecule has 0 unspecified atom stereocenters. The van der Waals surface area contributed by atoms with E-state index in [0.29, 0.717) is 37.4 Å². The van der Waals surface area contributed by atoms with Crippen molar-refractivity contribution in [3.8, 4) is 0 Å². The second kappa shape index (κ2) is 7.31. The highest BCUT2D eigenvalue weighted by atomic mass is 32.2. The molecular weight excluding hydrogens is 316 g/mol. The lowest BCUT2D eigenvalue weighted by molar-refractivity contribution is 0.0966. The number of hydrogen-bond acceptors (Lipinski definition) is 4. The van der Waals surface area contributed by atoms with Gasteiger partial charge in [-0.1, -0.05) is 17.7 Å². The third-order valence-electron chi connectivity index (χ3n) is 3.96. The molecule has 1 aliphatic heterocycles. The topological polar surface area (TPSA) is 75.7 Å². The Kier molecular flexibility index (Phi) is 5.64. The molecule has 1 amide bonds. The van der Waals surface area contributed by atoms with E-state index in [-0.39, 0.29) is 12.1 Å². The van der Waals surface area contributed by atoms with Crippen molar-refractivity contribution in [3.05, 3.63) is 29.3 Å². The molecule has 1 aromatic rings. The minimum atomic E-state index is -3.54. The number of amides is 1. The molecule has 128 valence electrons. The maximum Gasteiger partial charge on any atom is 0.409 e. The van der Waals surface area contributed by atoms with Gasteiger partial charge in [0, 0.05) is 19.1 Å². The summed E-state index contributed by atoms with van der Waals surface area (Å²) in [5.41, 5.74) is 1.77. The largest absolute Gasteiger partial charge is 0.450 e. The van der Waals surface area contributed by atoms with Gasteiger partial charge in [0.05, 0.1) is 11.5 Å². The zero-order chi connectivity index (χ0) is 17.0. The lowest BCUT2D eigenvalue weighted by Gasteiger charge is -2.31. The van der Waals surface area contributed by atoms with Gasteiger partial charge in [0.2, 0.25) is 10.0 Å². The molecule has 1 aliphatic rings. The maximum atomic E-state index is 12.5. The molecule has 1 aromatic carbocycles. The van der Waals surface area contributed by atoms with E-state index in [4.69, 9.17) is 4.74 Å². The number of aryl methyl sites for hydroxylation is 2. The Bertz CT molecular complexity index is 665. The summed E-state index contributed by atoms with van der Waals surface area (Å²) >= 11 is 0. The van der Waals surface area contributed by atoms with Crippen molar-refractivity contribution in [1.29, 1.82) is 0 Å². The van der Waals surface area contributed by atoms with Gasteiger partial charge in [-0.05, 0) is 45.2 Å². The number of nitrogens with one attached hydrogen (secondary N) is 1. The Morgan fingerprint density at radius 1 is 1.30 bits per heavy atom. The molecule has 1 saturated heterocycles. The summed E-state index contributed by atoms with van der Waals surface area (Å²) in [4.78, 5) is 13.6. The first kappa shape index (κ1) is 17.7. The van der Waals surface area contributed by atoms with Gasteiger partial charge in [0.15, 0.2) is 0 Å². The fraction of sp³-hybridized carbons (Fsp3) is 0.562. The third kappa shape index (κ3) is 4.45. The number of sulfonamides is 1. The van der Waals surface area contributed by atoms with E-state index in [1.807, 2.05) is 13.0 Å². The van der Waals surface area contributed by atoms with Crippen LogP contribution in [0.25, 0.3) is 0 Å². The number of benzene rings is 1. The molecule has 1 fully saturated rings. The lowest BCUT2D eigenvalue weighted by atomic mass is 10.1. The van der Waals surface area contributed by atoms with Crippen molar-refractivity contribution in [3.63, 3.8) is 0 Å². The van der Waals surface area contributed by atoms with Crippen LogP contribution in [0.3, 0.4) is 0 Å². The normalized spacial score (nSPS) is 16.4. The zero-order valence-electron chi connectivity index (χ0n) is 13.8. The number of carbonyl (C=O) groups excluding carboxylic acids is 1. The summed E-state index contributed by atoms with van der Waals surface area (Å²) in [7, 11) is -3.54. The predicted molar refractivity (Wildman–Crippen MR) is 87.9 cm³/mol. The fourth-order valence-electron chi connectivity index (χ4n) is 2.78. The number of piperidine rings is 1. The van der Waals surface area contributed by atoms with E-state index in [1.54, 1.807) is 30.9 Å². The van der Waals surface area contributed by atoms with E-state index < -0.39 is 10.0 Å². The van der Waals surface area contributed by atoms with Crippen LogP contribution in [0.15, 0.2) is 23.1 Å². The van der Waals surface area contributed by atoms with E-state index in [1.165, 1.54) is 0 Å². The molecule has 23 heavy (non-hydrogen) atoms. The summed E-state index contributed by atoms with van der Waals surface area (Å²) in [6, 6.07) is 5.13. The average Bonchev–Trinajstić information content (AvgIpc) is 2.47. The van der Waals surface area contributed by atoms with Crippen LogP contribution in [-0.4, -0.2) is 45.1 Å². The van der Waals surface area contributed by atoms with Crippen molar-refractivity contribution < 1.29 is 17.9 Å². The fourth-order valence-corrected chi connectivity index (χ4v) is 4.31. The molecule has 0 bridgehead atoms. The summed E-state index contributed by atoms with van der Waals surface area (Å²) in [6.07, 6.45) is 0.842. The SMILES string of the molecule is CCOC(=O)N1CCC(NS(=O)(=O)c2ccc(C)cc2C)CC1. The molecule has 6 nitrogen and oxygen atoms in total. The highest BCUT2D eigenvalue weighted by Gasteiger charge is 2.27. The monoisotopic (exact) mass is 340 g/mol. The molecule has 0 spiro atoms. The molecule has 1 N–H and O–H groups in total. The molecule has 0 saturated carbocycles. The first-order valence-electron chi connectivity index (χ1n) is 7.84. The minimum absolute atomic E-state index is 0.161. The number of carbonyl (C=O) groups is 1. The molecule has 7 heteroatoms. The van der Waals surface area contributed by atoms with Crippen LogP contribution in [0.1, 0.15) is 30.9 Å².